The SMILES string of the molecule is CCC[C@H](CCCO)Nc1ncc2nc(Nc3c(F)cccc3F)n(C3CCOCC3)c2n1. The molecule has 2 aromatic heterocycles. The van der Waals surface area contributed by atoms with Crippen molar-refractivity contribution in [1.82, 2.24) is 19.5 Å². The molecule has 0 unspecified atom stereocenters. The fraction of sp³-hybridized carbons (Fsp3) is 0.522. The summed E-state index contributed by atoms with van der Waals surface area (Å²) in [5.41, 5.74) is 0.879. The Kier molecular flexibility index (Phi) is 7.66. The van der Waals surface area contributed by atoms with Gasteiger partial charge in [-0.3, -0.25) is 4.57 Å². The maximum absolute atomic E-state index is 14.3. The van der Waals surface area contributed by atoms with Crippen molar-refractivity contribution >= 4 is 28.7 Å². The molecule has 0 aliphatic carbocycles. The minimum Gasteiger partial charge on any atom is -0.396 e. The number of aromatic nitrogens is 4. The molecule has 1 aliphatic heterocycles. The number of benzene rings is 1. The molecule has 3 aromatic rings. The number of aliphatic hydroxyl groups excluding tert-OH is 1. The van der Waals surface area contributed by atoms with E-state index in [4.69, 9.17) is 9.72 Å². The van der Waals surface area contributed by atoms with Crippen LogP contribution in [-0.2, 0) is 4.74 Å². The number of rotatable bonds is 10. The van der Waals surface area contributed by atoms with Crippen LogP contribution >= 0.6 is 0 Å². The van der Waals surface area contributed by atoms with Crippen molar-refractivity contribution in [1.29, 1.82) is 0 Å². The van der Waals surface area contributed by atoms with Gasteiger partial charge in [-0.05, 0) is 44.2 Å². The molecule has 1 fully saturated rings. The van der Waals surface area contributed by atoms with Crippen molar-refractivity contribution in [2.45, 2.75) is 57.5 Å². The van der Waals surface area contributed by atoms with Gasteiger partial charge in [-0.2, -0.15) is 4.98 Å². The zero-order chi connectivity index (χ0) is 23.2. The van der Waals surface area contributed by atoms with Crippen LogP contribution in [0.15, 0.2) is 24.4 Å². The molecule has 1 saturated heterocycles. The molecule has 3 heterocycles. The summed E-state index contributed by atoms with van der Waals surface area (Å²) in [5, 5.41) is 15.4. The van der Waals surface area contributed by atoms with Crippen LogP contribution in [0.1, 0.15) is 51.5 Å². The second-order valence-electron chi connectivity index (χ2n) is 8.27. The fourth-order valence-corrected chi connectivity index (χ4v) is 4.22. The zero-order valence-electron chi connectivity index (χ0n) is 18.7. The Hall–Kier alpha value is -2.85. The number of nitrogens with one attached hydrogen (secondary N) is 2. The molecular weight excluding hydrogens is 430 g/mol. The lowest BCUT2D eigenvalue weighted by molar-refractivity contribution is 0.0710. The van der Waals surface area contributed by atoms with Gasteiger partial charge in [0.05, 0.1) is 6.20 Å². The van der Waals surface area contributed by atoms with Crippen molar-refractivity contribution in [3.63, 3.8) is 0 Å². The van der Waals surface area contributed by atoms with Crippen LogP contribution in [-0.4, -0.2) is 50.5 Å². The molecule has 0 bridgehead atoms. The van der Waals surface area contributed by atoms with Gasteiger partial charge in [-0.25, -0.2) is 18.7 Å². The van der Waals surface area contributed by atoms with E-state index >= 15 is 0 Å². The number of nitrogens with zero attached hydrogens (tertiary/aromatic N) is 4. The highest BCUT2D eigenvalue weighted by atomic mass is 19.1. The first-order valence-electron chi connectivity index (χ1n) is 11.5. The Balaban J connectivity index is 1.71. The molecular formula is C23H30F2N6O2. The Bertz CT molecular complexity index is 1050. The van der Waals surface area contributed by atoms with Gasteiger partial charge >= 0.3 is 0 Å². The van der Waals surface area contributed by atoms with Gasteiger partial charge in [0.15, 0.2) is 5.65 Å². The van der Waals surface area contributed by atoms with Crippen molar-refractivity contribution < 1.29 is 18.6 Å². The van der Waals surface area contributed by atoms with Crippen LogP contribution in [0.2, 0.25) is 0 Å². The lowest BCUT2D eigenvalue weighted by Gasteiger charge is -2.25. The normalized spacial score (nSPS) is 15.6. The van der Waals surface area contributed by atoms with Crippen molar-refractivity contribution in [3.8, 4) is 0 Å². The molecule has 1 aromatic carbocycles. The van der Waals surface area contributed by atoms with Crippen molar-refractivity contribution in [3.05, 3.63) is 36.0 Å². The topological polar surface area (TPSA) is 97.1 Å². The number of hydrogen-bond donors (Lipinski definition) is 3. The number of halogens is 2. The van der Waals surface area contributed by atoms with Gasteiger partial charge in [0.2, 0.25) is 11.9 Å². The summed E-state index contributed by atoms with van der Waals surface area (Å²) in [6.45, 7) is 3.43. The molecule has 1 atom stereocenters. The highest BCUT2D eigenvalue weighted by Crippen LogP contribution is 2.32. The smallest absolute Gasteiger partial charge is 0.224 e. The highest BCUT2D eigenvalue weighted by Gasteiger charge is 2.25. The number of para-hydroxylation sites is 1. The second-order valence-corrected chi connectivity index (χ2v) is 8.27. The second kappa shape index (κ2) is 10.8. The molecule has 0 amide bonds. The standard InChI is InChI=1S/C23H30F2N6O2/c1-2-5-15(6-4-11-32)27-22-26-14-19-21(30-22)31(16-9-12-33-13-10-16)23(28-19)29-20-17(24)7-3-8-18(20)25/h3,7-8,14-16,32H,2,4-6,9-13H2,1H3,(H,28,29)(H,26,27,30)/t15-/m1/s1. The maximum Gasteiger partial charge on any atom is 0.224 e. The maximum atomic E-state index is 14.3. The van der Waals surface area contributed by atoms with E-state index in [0.717, 1.165) is 32.1 Å². The first-order chi connectivity index (χ1) is 16.1. The van der Waals surface area contributed by atoms with Crippen LogP contribution in [0, 0.1) is 11.6 Å². The molecule has 3 N–H and O–H groups in total. The van der Waals surface area contributed by atoms with Crippen LogP contribution < -0.4 is 10.6 Å². The third kappa shape index (κ3) is 5.39. The monoisotopic (exact) mass is 460 g/mol. The molecule has 1 aliphatic rings. The minimum atomic E-state index is -0.694. The molecule has 178 valence electrons. The van der Waals surface area contributed by atoms with Crippen molar-refractivity contribution in [2.75, 3.05) is 30.5 Å². The molecule has 0 spiro atoms. The fourth-order valence-electron chi connectivity index (χ4n) is 4.22. The summed E-state index contributed by atoms with van der Waals surface area (Å²) in [6, 6.07) is 3.89. The van der Waals surface area contributed by atoms with Gasteiger partial charge in [0.25, 0.3) is 0 Å². The van der Waals surface area contributed by atoms with Gasteiger partial charge in [-0.15, -0.1) is 0 Å². The summed E-state index contributed by atoms with van der Waals surface area (Å²) in [6.07, 6.45) is 6.53. The van der Waals surface area contributed by atoms with Crippen LogP contribution in [0.5, 0.6) is 0 Å². The van der Waals surface area contributed by atoms with E-state index < -0.39 is 11.6 Å². The van der Waals surface area contributed by atoms with E-state index in [1.807, 2.05) is 4.57 Å². The molecule has 4 rings (SSSR count). The molecule has 0 radical (unpaired) electrons. The van der Waals surface area contributed by atoms with Crippen LogP contribution in [0.4, 0.5) is 26.4 Å². The first kappa shape index (κ1) is 23.3. The number of aliphatic hydroxyl groups is 1. The largest absolute Gasteiger partial charge is 0.396 e. The summed E-state index contributed by atoms with van der Waals surface area (Å²) < 4.78 is 36.1. The van der Waals surface area contributed by atoms with E-state index in [9.17, 15) is 13.9 Å². The first-order valence-corrected chi connectivity index (χ1v) is 11.5. The third-order valence-electron chi connectivity index (χ3n) is 5.87. The van der Waals surface area contributed by atoms with Gasteiger partial charge < -0.3 is 20.5 Å². The summed E-state index contributed by atoms with van der Waals surface area (Å²) >= 11 is 0. The lowest BCUT2D eigenvalue weighted by Crippen LogP contribution is -2.23. The number of imidazole rings is 1. The van der Waals surface area contributed by atoms with Gasteiger partial charge in [-0.1, -0.05) is 19.4 Å². The van der Waals surface area contributed by atoms with Crippen LogP contribution in [0.3, 0.4) is 0 Å². The average molecular weight is 461 g/mol. The molecule has 33 heavy (non-hydrogen) atoms. The predicted octanol–water partition coefficient (Wildman–Crippen LogP) is 4.55. The van der Waals surface area contributed by atoms with E-state index in [1.54, 1.807) is 6.20 Å². The van der Waals surface area contributed by atoms with E-state index in [-0.39, 0.29) is 24.4 Å². The van der Waals surface area contributed by atoms with Crippen LogP contribution in [0.25, 0.3) is 11.2 Å². The third-order valence-corrected chi connectivity index (χ3v) is 5.87. The quantitative estimate of drug-likeness (QED) is 0.408. The molecule has 0 saturated carbocycles. The average Bonchev–Trinajstić information content (AvgIpc) is 3.18. The number of ether oxygens (including phenoxy) is 1. The number of fused-ring (bicyclic) bond motifs is 1. The molecule has 10 heteroatoms. The summed E-state index contributed by atoms with van der Waals surface area (Å²) in [4.78, 5) is 13.7. The molecule has 8 nitrogen and oxygen atoms in total. The highest BCUT2D eigenvalue weighted by molar-refractivity contribution is 5.76. The van der Waals surface area contributed by atoms with E-state index in [2.05, 4.69) is 27.5 Å². The van der Waals surface area contributed by atoms with E-state index in [1.165, 1.54) is 18.2 Å². The van der Waals surface area contributed by atoms with Crippen molar-refractivity contribution in [2.24, 2.45) is 0 Å². The number of anilines is 3. The summed E-state index contributed by atoms with van der Waals surface area (Å²) in [7, 11) is 0. The minimum absolute atomic E-state index is 0.0182. The van der Waals surface area contributed by atoms with Gasteiger partial charge in [0.1, 0.15) is 22.8 Å². The van der Waals surface area contributed by atoms with Gasteiger partial charge in [0, 0.05) is 31.9 Å². The Morgan fingerprint density at radius 2 is 1.94 bits per heavy atom. The zero-order valence-corrected chi connectivity index (χ0v) is 18.7. The Labute approximate surface area is 191 Å². The summed E-state index contributed by atoms with van der Waals surface area (Å²) in [5.74, 6) is -0.603. The predicted molar refractivity (Wildman–Crippen MR) is 123 cm³/mol. The Morgan fingerprint density at radius 1 is 1.18 bits per heavy atom. The Morgan fingerprint density at radius 3 is 2.64 bits per heavy atom. The van der Waals surface area contributed by atoms with E-state index in [0.29, 0.717) is 42.7 Å². The number of hydrogen-bond acceptors (Lipinski definition) is 7. The lowest BCUT2D eigenvalue weighted by atomic mass is 10.1.